The van der Waals surface area contributed by atoms with Crippen LogP contribution in [0, 0.1) is 21.4 Å². The topological polar surface area (TPSA) is 103 Å². The second-order valence-electron chi connectivity index (χ2n) is 5.11. The lowest BCUT2D eigenvalue weighted by Gasteiger charge is -2.34. The van der Waals surface area contributed by atoms with E-state index in [9.17, 15) is 15.2 Å². The van der Waals surface area contributed by atoms with Gasteiger partial charge in [0.05, 0.1) is 11.5 Å². The number of anilines is 1. The van der Waals surface area contributed by atoms with Gasteiger partial charge in [0.15, 0.2) is 0 Å². The van der Waals surface area contributed by atoms with Crippen molar-refractivity contribution in [1.29, 1.82) is 5.26 Å². The van der Waals surface area contributed by atoms with Gasteiger partial charge in [0.1, 0.15) is 11.9 Å². The van der Waals surface area contributed by atoms with Crippen LogP contribution < -0.4 is 4.90 Å². The van der Waals surface area contributed by atoms with Crippen molar-refractivity contribution in [3.8, 4) is 6.07 Å². The van der Waals surface area contributed by atoms with Crippen LogP contribution in [0.1, 0.15) is 37.8 Å². The summed E-state index contributed by atoms with van der Waals surface area (Å²) in [7, 11) is 0. The summed E-state index contributed by atoms with van der Waals surface area (Å²) in [4.78, 5) is 16.3. The number of nitro groups is 1. The first-order chi connectivity index (χ1) is 10.2. The lowest BCUT2D eigenvalue weighted by molar-refractivity contribution is -0.385. The van der Waals surface area contributed by atoms with Gasteiger partial charge < -0.3 is 10.0 Å². The van der Waals surface area contributed by atoms with E-state index in [1.54, 1.807) is 12.1 Å². The standard InChI is InChI=1S/C14H18N4O3/c15-10-12-13(18(20)21)6-7-14(16-12)17(8-9-19)11-4-2-1-3-5-11/h6-7,11,19H,1-5,8-9H2. The molecule has 0 radical (unpaired) electrons. The van der Waals surface area contributed by atoms with Crippen LogP contribution in [-0.4, -0.2) is 34.2 Å². The number of aromatic nitrogens is 1. The van der Waals surface area contributed by atoms with Crippen molar-refractivity contribution in [2.75, 3.05) is 18.1 Å². The summed E-state index contributed by atoms with van der Waals surface area (Å²) < 4.78 is 0. The molecule has 0 aliphatic heterocycles. The van der Waals surface area contributed by atoms with Crippen molar-refractivity contribution < 1.29 is 10.0 Å². The van der Waals surface area contributed by atoms with Gasteiger partial charge in [-0.1, -0.05) is 19.3 Å². The minimum absolute atomic E-state index is 0.0168. The number of aliphatic hydroxyl groups is 1. The Hall–Kier alpha value is -2.20. The second kappa shape index (κ2) is 6.99. The number of nitrogens with zero attached hydrogens (tertiary/aromatic N) is 4. The first kappa shape index (κ1) is 15.2. The molecule has 7 nitrogen and oxygen atoms in total. The maximum absolute atomic E-state index is 10.9. The van der Waals surface area contributed by atoms with Gasteiger partial charge in [-0.15, -0.1) is 0 Å². The largest absolute Gasteiger partial charge is 0.395 e. The van der Waals surface area contributed by atoms with E-state index in [4.69, 9.17) is 5.26 Å². The van der Waals surface area contributed by atoms with Crippen molar-refractivity contribution in [2.45, 2.75) is 38.1 Å². The second-order valence-corrected chi connectivity index (χ2v) is 5.11. The smallest absolute Gasteiger partial charge is 0.305 e. The van der Waals surface area contributed by atoms with Crippen molar-refractivity contribution in [3.63, 3.8) is 0 Å². The predicted octanol–water partition coefficient (Wildman–Crippen LogP) is 1.99. The van der Waals surface area contributed by atoms with Crippen molar-refractivity contribution in [2.24, 2.45) is 0 Å². The fraction of sp³-hybridized carbons (Fsp3) is 0.571. The van der Waals surface area contributed by atoms with E-state index in [1.165, 1.54) is 12.5 Å². The third-order valence-corrected chi connectivity index (χ3v) is 3.81. The van der Waals surface area contributed by atoms with E-state index in [1.807, 2.05) is 4.90 Å². The predicted molar refractivity (Wildman–Crippen MR) is 76.9 cm³/mol. The molecule has 0 saturated heterocycles. The Morgan fingerprint density at radius 3 is 2.71 bits per heavy atom. The Kier molecular flexibility index (Phi) is 5.06. The highest BCUT2D eigenvalue weighted by Gasteiger charge is 2.24. The normalized spacial score (nSPS) is 15.4. The van der Waals surface area contributed by atoms with Gasteiger partial charge in [0.25, 0.3) is 0 Å². The maximum atomic E-state index is 10.9. The van der Waals surface area contributed by atoms with E-state index in [2.05, 4.69) is 4.98 Å². The van der Waals surface area contributed by atoms with Gasteiger partial charge >= 0.3 is 5.69 Å². The quantitative estimate of drug-likeness (QED) is 0.657. The molecule has 1 heterocycles. The first-order valence-corrected chi connectivity index (χ1v) is 7.10. The lowest BCUT2D eigenvalue weighted by Crippen LogP contribution is -2.39. The number of aliphatic hydroxyl groups excluding tert-OH is 1. The molecule has 1 saturated carbocycles. The third-order valence-electron chi connectivity index (χ3n) is 3.81. The van der Waals surface area contributed by atoms with E-state index in [0.717, 1.165) is 25.7 Å². The summed E-state index contributed by atoms with van der Waals surface area (Å²) >= 11 is 0. The third kappa shape index (κ3) is 3.47. The minimum atomic E-state index is -0.605. The van der Waals surface area contributed by atoms with Gasteiger partial charge in [0.2, 0.25) is 5.69 Å². The number of pyridine rings is 1. The molecule has 1 aliphatic carbocycles. The summed E-state index contributed by atoms with van der Waals surface area (Å²) in [6.45, 7) is 0.400. The summed E-state index contributed by atoms with van der Waals surface area (Å²) in [5, 5.41) is 29.1. The van der Waals surface area contributed by atoms with Crippen LogP contribution >= 0.6 is 0 Å². The number of hydrogen-bond acceptors (Lipinski definition) is 6. The maximum Gasteiger partial charge on any atom is 0.305 e. The highest BCUT2D eigenvalue weighted by molar-refractivity contribution is 5.52. The molecule has 7 heteroatoms. The average Bonchev–Trinajstić information content (AvgIpc) is 2.52. The molecule has 1 N–H and O–H groups in total. The number of hydrogen-bond donors (Lipinski definition) is 1. The van der Waals surface area contributed by atoms with E-state index < -0.39 is 4.92 Å². The van der Waals surface area contributed by atoms with Gasteiger partial charge in [-0.2, -0.15) is 5.26 Å². The molecule has 21 heavy (non-hydrogen) atoms. The fourth-order valence-corrected chi connectivity index (χ4v) is 2.82. The molecule has 0 unspecified atom stereocenters. The average molecular weight is 290 g/mol. The van der Waals surface area contributed by atoms with Gasteiger partial charge in [-0.3, -0.25) is 10.1 Å². The lowest BCUT2D eigenvalue weighted by atomic mass is 9.94. The highest BCUT2D eigenvalue weighted by Crippen LogP contribution is 2.28. The molecule has 1 aliphatic rings. The van der Waals surface area contributed by atoms with Crippen LogP contribution in [0.3, 0.4) is 0 Å². The minimum Gasteiger partial charge on any atom is -0.395 e. The molecule has 1 fully saturated rings. The Morgan fingerprint density at radius 2 is 2.14 bits per heavy atom. The molecule has 1 aromatic rings. The first-order valence-electron chi connectivity index (χ1n) is 7.10. The van der Waals surface area contributed by atoms with Crippen molar-refractivity contribution >= 4 is 11.5 Å². The molecule has 112 valence electrons. The van der Waals surface area contributed by atoms with Crippen LogP contribution in [-0.2, 0) is 0 Å². The van der Waals surface area contributed by atoms with E-state index in [-0.39, 0.29) is 24.0 Å². The highest BCUT2D eigenvalue weighted by atomic mass is 16.6. The van der Waals surface area contributed by atoms with Crippen LogP contribution in [0.4, 0.5) is 11.5 Å². The molecule has 1 aromatic heterocycles. The summed E-state index contributed by atoms with van der Waals surface area (Å²) in [6, 6.07) is 4.92. The molecule has 2 rings (SSSR count). The van der Waals surface area contributed by atoms with Crippen LogP contribution in [0.15, 0.2) is 12.1 Å². The molecule has 0 bridgehead atoms. The van der Waals surface area contributed by atoms with E-state index >= 15 is 0 Å². The monoisotopic (exact) mass is 290 g/mol. The summed E-state index contributed by atoms with van der Waals surface area (Å²) in [5.74, 6) is 0.526. The fourth-order valence-electron chi connectivity index (χ4n) is 2.82. The van der Waals surface area contributed by atoms with E-state index in [0.29, 0.717) is 12.4 Å². The molecule has 0 amide bonds. The molecule has 0 aromatic carbocycles. The van der Waals surface area contributed by atoms with Crippen LogP contribution in [0.5, 0.6) is 0 Å². The molecule has 0 atom stereocenters. The Bertz CT molecular complexity index is 550. The zero-order chi connectivity index (χ0) is 15.2. The summed E-state index contributed by atoms with van der Waals surface area (Å²) in [6.07, 6.45) is 5.50. The summed E-state index contributed by atoms with van der Waals surface area (Å²) in [5.41, 5.74) is -0.468. The number of rotatable bonds is 5. The zero-order valence-electron chi connectivity index (χ0n) is 11.7. The van der Waals surface area contributed by atoms with Gasteiger partial charge in [0, 0.05) is 18.7 Å². The molecular formula is C14H18N4O3. The van der Waals surface area contributed by atoms with Crippen molar-refractivity contribution in [1.82, 2.24) is 4.98 Å². The van der Waals surface area contributed by atoms with Gasteiger partial charge in [-0.05, 0) is 18.9 Å². The van der Waals surface area contributed by atoms with Crippen molar-refractivity contribution in [3.05, 3.63) is 27.9 Å². The molecule has 0 spiro atoms. The molecular weight excluding hydrogens is 272 g/mol. The SMILES string of the molecule is N#Cc1nc(N(CCO)C2CCCCC2)ccc1[N+](=O)[O-]. The van der Waals surface area contributed by atoms with Crippen LogP contribution in [0.2, 0.25) is 0 Å². The van der Waals surface area contributed by atoms with Crippen LogP contribution in [0.25, 0.3) is 0 Å². The van der Waals surface area contributed by atoms with Gasteiger partial charge in [-0.25, -0.2) is 4.98 Å². The number of nitriles is 1. The zero-order valence-corrected chi connectivity index (χ0v) is 11.7. The Balaban J connectivity index is 2.31. The Labute approximate surface area is 123 Å². The Morgan fingerprint density at radius 1 is 1.43 bits per heavy atom.